The average molecular weight is 453 g/mol. The van der Waals surface area contributed by atoms with Gasteiger partial charge in [-0.2, -0.15) is 0 Å². The van der Waals surface area contributed by atoms with Crippen molar-refractivity contribution < 1.29 is 22.6 Å². The molecule has 0 bridgehead atoms. The lowest BCUT2D eigenvalue weighted by atomic mass is 9.67. The Morgan fingerprint density at radius 3 is 1.75 bits per heavy atom. The monoisotopic (exact) mass is 452 g/mol. The fourth-order valence-electron chi connectivity index (χ4n) is 6.48. The van der Waals surface area contributed by atoms with Crippen LogP contribution in [0.5, 0.6) is 0 Å². The molecule has 2 saturated carbocycles. The van der Waals surface area contributed by atoms with E-state index in [1.165, 1.54) is 64.2 Å². The largest absolute Gasteiger partial charge is 0.352 e. The lowest BCUT2D eigenvalue weighted by molar-refractivity contribution is -0.212. The highest BCUT2D eigenvalue weighted by Gasteiger charge is 2.35. The van der Waals surface area contributed by atoms with Crippen molar-refractivity contribution in [3.05, 3.63) is 35.1 Å². The SMILES string of the molecule is CCCC1CCC(C2CCC(C3COC(CCc4cc(F)c(F)c(F)c4)OC3)CC2)CC1. The first-order chi connectivity index (χ1) is 15.5. The summed E-state index contributed by atoms with van der Waals surface area (Å²) < 4.78 is 51.7. The minimum absolute atomic E-state index is 0.350. The summed E-state index contributed by atoms with van der Waals surface area (Å²) in [7, 11) is 0. The van der Waals surface area contributed by atoms with Gasteiger partial charge in [-0.3, -0.25) is 0 Å². The van der Waals surface area contributed by atoms with E-state index in [0.29, 0.717) is 43.5 Å². The summed E-state index contributed by atoms with van der Waals surface area (Å²) in [5.74, 6) is 0.290. The van der Waals surface area contributed by atoms with Gasteiger partial charge in [0.25, 0.3) is 0 Å². The van der Waals surface area contributed by atoms with Crippen LogP contribution in [0.1, 0.15) is 83.1 Å². The van der Waals surface area contributed by atoms with Crippen LogP contribution in [0.2, 0.25) is 0 Å². The van der Waals surface area contributed by atoms with E-state index in [0.717, 1.165) is 29.9 Å². The van der Waals surface area contributed by atoms with Crippen LogP contribution in [-0.4, -0.2) is 19.5 Å². The van der Waals surface area contributed by atoms with Crippen LogP contribution in [0, 0.1) is 47.0 Å². The van der Waals surface area contributed by atoms with E-state index in [9.17, 15) is 13.2 Å². The summed E-state index contributed by atoms with van der Waals surface area (Å²) in [6.45, 7) is 3.71. The van der Waals surface area contributed by atoms with Crippen LogP contribution in [0.3, 0.4) is 0 Å². The number of halogens is 3. The van der Waals surface area contributed by atoms with E-state index < -0.39 is 17.5 Å². The highest BCUT2D eigenvalue weighted by Crippen LogP contribution is 2.44. The summed E-state index contributed by atoms with van der Waals surface area (Å²) in [4.78, 5) is 0. The summed E-state index contributed by atoms with van der Waals surface area (Å²) in [6.07, 6.45) is 14.4. The molecule has 3 fully saturated rings. The van der Waals surface area contributed by atoms with Crippen LogP contribution in [-0.2, 0) is 15.9 Å². The van der Waals surface area contributed by atoms with Crippen molar-refractivity contribution in [1.82, 2.24) is 0 Å². The molecule has 1 saturated heterocycles. The zero-order chi connectivity index (χ0) is 22.5. The Morgan fingerprint density at radius 1 is 0.719 bits per heavy atom. The van der Waals surface area contributed by atoms with Crippen molar-refractivity contribution in [2.45, 2.75) is 90.3 Å². The van der Waals surface area contributed by atoms with Gasteiger partial charge in [-0.25, -0.2) is 13.2 Å². The van der Waals surface area contributed by atoms with Gasteiger partial charge < -0.3 is 9.47 Å². The molecule has 32 heavy (non-hydrogen) atoms. The van der Waals surface area contributed by atoms with Crippen LogP contribution in [0.15, 0.2) is 12.1 Å². The van der Waals surface area contributed by atoms with E-state index in [4.69, 9.17) is 9.47 Å². The van der Waals surface area contributed by atoms with Crippen LogP contribution in [0.4, 0.5) is 13.2 Å². The molecule has 3 aliphatic rings. The maximum Gasteiger partial charge on any atom is 0.194 e. The average Bonchev–Trinajstić information content (AvgIpc) is 2.82. The maximum atomic E-state index is 13.4. The predicted octanol–water partition coefficient (Wildman–Crippen LogP) is 7.44. The highest BCUT2D eigenvalue weighted by atomic mass is 19.2. The molecule has 180 valence electrons. The quantitative estimate of drug-likeness (QED) is 0.400. The summed E-state index contributed by atoms with van der Waals surface area (Å²) in [6, 6.07) is 2.11. The van der Waals surface area contributed by atoms with E-state index in [1.54, 1.807) is 0 Å². The number of aryl methyl sites for hydroxylation is 1. The van der Waals surface area contributed by atoms with Crippen molar-refractivity contribution in [3.63, 3.8) is 0 Å². The fraction of sp³-hybridized carbons (Fsp3) is 0.778. The molecule has 0 unspecified atom stereocenters. The molecule has 0 spiro atoms. The van der Waals surface area contributed by atoms with E-state index in [1.807, 2.05) is 0 Å². The smallest absolute Gasteiger partial charge is 0.194 e. The van der Waals surface area contributed by atoms with E-state index in [2.05, 4.69) is 6.92 Å². The third-order valence-electron chi connectivity index (χ3n) is 8.44. The molecule has 0 radical (unpaired) electrons. The second kappa shape index (κ2) is 11.4. The van der Waals surface area contributed by atoms with Gasteiger partial charge in [0.2, 0.25) is 0 Å². The van der Waals surface area contributed by atoms with Gasteiger partial charge in [-0.1, -0.05) is 32.6 Å². The first-order valence-corrected chi connectivity index (χ1v) is 12.9. The van der Waals surface area contributed by atoms with Gasteiger partial charge in [-0.15, -0.1) is 0 Å². The summed E-state index contributed by atoms with van der Waals surface area (Å²) >= 11 is 0. The maximum absolute atomic E-state index is 13.4. The standard InChI is InChI=1S/C27H39F3O2/c1-2-3-18-4-7-20(8-5-18)21-9-11-22(12-10-21)23-16-31-26(32-17-23)13-6-19-14-24(28)27(30)25(29)15-19/h14-15,18,20-23,26H,2-13,16-17H2,1H3. The van der Waals surface area contributed by atoms with Crippen LogP contribution >= 0.6 is 0 Å². The van der Waals surface area contributed by atoms with Gasteiger partial charge in [0, 0.05) is 12.3 Å². The van der Waals surface area contributed by atoms with E-state index in [-0.39, 0.29) is 6.29 Å². The van der Waals surface area contributed by atoms with Gasteiger partial charge in [0.15, 0.2) is 23.7 Å². The number of hydrogen-bond acceptors (Lipinski definition) is 2. The Balaban J connectivity index is 1.15. The van der Waals surface area contributed by atoms with Crippen molar-refractivity contribution in [3.8, 4) is 0 Å². The fourth-order valence-corrected chi connectivity index (χ4v) is 6.48. The highest BCUT2D eigenvalue weighted by molar-refractivity contribution is 5.19. The molecule has 4 rings (SSSR count). The van der Waals surface area contributed by atoms with Crippen LogP contribution in [0.25, 0.3) is 0 Å². The second-order valence-electron chi connectivity index (χ2n) is 10.5. The Hall–Kier alpha value is -1.07. The molecule has 0 atom stereocenters. The zero-order valence-electron chi connectivity index (χ0n) is 19.5. The topological polar surface area (TPSA) is 18.5 Å². The number of hydrogen-bond donors (Lipinski definition) is 0. The number of ether oxygens (including phenoxy) is 2. The Kier molecular flexibility index (Phi) is 8.55. The third-order valence-corrected chi connectivity index (χ3v) is 8.44. The first-order valence-electron chi connectivity index (χ1n) is 12.9. The normalized spacial score (nSPS) is 33.9. The second-order valence-corrected chi connectivity index (χ2v) is 10.5. The molecule has 1 aliphatic heterocycles. The van der Waals surface area contributed by atoms with Crippen molar-refractivity contribution in [2.24, 2.45) is 29.6 Å². The van der Waals surface area contributed by atoms with Crippen LogP contribution < -0.4 is 0 Å². The van der Waals surface area contributed by atoms with Gasteiger partial charge in [0.1, 0.15) is 0 Å². The molecule has 2 nitrogen and oxygen atoms in total. The summed E-state index contributed by atoms with van der Waals surface area (Å²) in [5, 5.41) is 0. The predicted molar refractivity (Wildman–Crippen MR) is 120 cm³/mol. The molecule has 2 aliphatic carbocycles. The Bertz CT molecular complexity index is 693. The zero-order valence-corrected chi connectivity index (χ0v) is 19.5. The Morgan fingerprint density at radius 2 is 1.22 bits per heavy atom. The van der Waals surface area contributed by atoms with Crippen molar-refractivity contribution in [2.75, 3.05) is 13.2 Å². The first kappa shape index (κ1) is 24.1. The lowest BCUT2D eigenvalue weighted by Gasteiger charge is -2.41. The molecule has 0 N–H and O–H groups in total. The summed E-state index contributed by atoms with van der Waals surface area (Å²) in [5.41, 5.74) is 0.428. The molecule has 0 amide bonds. The molecule has 1 heterocycles. The van der Waals surface area contributed by atoms with E-state index >= 15 is 0 Å². The van der Waals surface area contributed by atoms with Crippen molar-refractivity contribution >= 4 is 0 Å². The molecular weight excluding hydrogens is 413 g/mol. The Labute approximate surface area is 191 Å². The third kappa shape index (κ3) is 6.08. The lowest BCUT2D eigenvalue weighted by Crippen LogP contribution is -2.38. The molecule has 1 aromatic rings. The minimum atomic E-state index is -1.42. The molecule has 1 aromatic carbocycles. The number of benzene rings is 1. The molecule has 0 aromatic heterocycles. The minimum Gasteiger partial charge on any atom is -0.352 e. The number of rotatable bonds is 7. The van der Waals surface area contributed by atoms with Gasteiger partial charge in [-0.05, 0) is 86.3 Å². The molecule has 5 heteroatoms. The van der Waals surface area contributed by atoms with Crippen molar-refractivity contribution in [1.29, 1.82) is 0 Å². The molecular formula is C27H39F3O2. The van der Waals surface area contributed by atoms with Gasteiger partial charge >= 0.3 is 0 Å². The van der Waals surface area contributed by atoms with Gasteiger partial charge in [0.05, 0.1) is 13.2 Å².